The topological polar surface area (TPSA) is 45.5 Å². The molecule has 4 aliphatic rings. The molecule has 7 nitrogen and oxygen atoms in total. The molecule has 0 unspecified atom stereocenters. The Morgan fingerprint density at radius 2 is 0.923 bits per heavy atom. The van der Waals surface area contributed by atoms with Crippen LogP contribution in [-0.4, -0.2) is 126 Å². The minimum absolute atomic E-state index is 0. The second kappa shape index (κ2) is 18.3. The second-order valence-electron chi connectivity index (χ2n) is 13.9. The summed E-state index contributed by atoms with van der Waals surface area (Å²) in [5, 5.41) is 0. The van der Waals surface area contributed by atoms with Gasteiger partial charge in [-0.3, -0.25) is 0 Å². The molecule has 0 aromatic carbocycles. The van der Waals surface area contributed by atoms with Gasteiger partial charge in [0.2, 0.25) is 0 Å². The van der Waals surface area contributed by atoms with E-state index in [1.54, 1.807) is 0 Å². The van der Waals surface area contributed by atoms with Crippen LogP contribution in [-0.2, 0) is 9.47 Å². The minimum Gasteiger partial charge on any atom is -0.668 e. The monoisotopic (exact) mass is 649 g/mol. The molecule has 0 atom stereocenters. The zero-order valence-corrected chi connectivity index (χ0v) is 32.8. The van der Waals surface area contributed by atoms with Crippen molar-refractivity contribution in [2.24, 2.45) is 0 Å². The van der Waals surface area contributed by atoms with Crippen LogP contribution in [0.1, 0.15) is 67.2 Å². The Labute approximate surface area is 282 Å². The molecule has 0 bridgehead atoms. The molecular formula is C28H56BN5O2Si2Sr. The van der Waals surface area contributed by atoms with Gasteiger partial charge in [-0.05, 0) is 79.6 Å². The van der Waals surface area contributed by atoms with Crippen molar-refractivity contribution in [3.8, 4) is 0 Å². The molecular weight excluding hydrogens is 593 g/mol. The smallest absolute Gasteiger partial charge is 0.668 e. The van der Waals surface area contributed by atoms with Crippen LogP contribution < -0.4 is 0 Å². The first-order valence-electron chi connectivity index (χ1n) is 14.2. The summed E-state index contributed by atoms with van der Waals surface area (Å²) in [4.78, 5) is 7.94. The first kappa shape index (κ1) is 39.5. The van der Waals surface area contributed by atoms with Crippen molar-refractivity contribution in [3.05, 3.63) is 42.8 Å². The second-order valence-corrected chi connectivity index (χ2v) is 23.5. The summed E-state index contributed by atoms with van der Waals surface area (Å²) in [6, 6.07) is 0. The van der Waals surface area contributed by atoms with Crippen molar-refractivity contribution in [1.82, 2.24) is 19.4 Å². The van der Waals surface area contributed by atoms with E-state index in [2.05, 4.69) is 104 Å². The van der Waals surface area contributed by atoms with E-state index >= 15 is 0 Å². The fourth-order valence-corrected chi connectivity index (χ4v) is 11.7. The summed E-state index contributed by atoms with van der Waals surface area (Å²) >= 11 is 0. The summed E-state index contributed by atoms with van der Waals surface area (Å²) in [6.07, 6.45) is 13.1. The molecule has 4 rings (SSSR count). The molecule has 0 spiro atoms. The molecule has 0 aliphatic carbocycles. The molecule has 39 heavy (non-hydrogen) atoms. The van der Waals surface area contributed by atoms with Crippen LogP contribution in [0.2, 0.25) is 39.3 Å². The fourth-order valence-electron chi connectivity index (χ4n) is 3.70. The van der Waals surface area contributed by atoms with Crippen molar-refractivity contribution >= 4 is 69.5 Å². The van der Waals surface area contributed by atoms with Crippen LogP contribution >= 0.6 is 0 Å². The largest absolute Gasteiger partial charge is 2.00 e. The van der Waals surface area contributed by atoms with E-state index in [9.17, 15) is 0 Å². The summed E-state index contributed by atoms with van der Waals surface area (Å²) in [5.74, 6) is 0. The Bertz CT molecular complexity index is 637. The van der Waals surface area contributed by atoms with Crippen LogP contribution in [0.25, 0.3) is 4.65 Å². The standard InChI is InChI=1S/C14H22BN4.C6H18NSi2.2C4H8O.Sr/c1-13(2,3)16-7-9-18(11-16)15-19-10-8-17(12-19)14(4,5)6;1-8(2,3)7-9(4,5)6;2*1-2-4-5-3-1;/h7-10H,1-6H3;1-6H3;2*1-4H2;/q2*-1;;;+2. The third-order valence-corrected chi connectivity index (χ3v) is 10.6. The molecule has 0 saturated carbocycles. The van der Waals surface area contributed by atoms with Crippen molar-refractivity contribution in [2.45, 2.75) is 118 Å². The fraction of sp³-hybridized carbons (Fsp3) is 0.786. The molecule has 6 radical (unpaired) electrons. The predicted molar refractivity (Wildman–Crippen MR) is 173 cm³/mol. The number of hydrogen-bond acceptors (Lipinski definition) is 6. The van der Waals surface area contributed by atoms with Gasteiger partial charge in [0.1, 0.15) is 0 Å². The molecule has 4 heterocycles. The van der Waals surface area contributed by atoms with E-state index in [-0.39, 0.29) is 56.6 Å². The van der Waals surface area contributed by atoms with Gasteiger partial charge in [-0.2, -0.15) is 0 Å². The Kier molecular flexibility index (Phi) is 18.5. The van der Waals surface area contributed by atoms with Crippen molar-refractivity contribution in [2.75, 3.05) is 26.4 Å². The van der Waals surface area contributed by atoms with Crippen LogP contribution in [0.5, 0.6) is 0 Å². The predicted octanol–water partition coefficient (Wildman–Crippen LogP) is 6.53. The van der Waals surface area contributed by atoms with E-state index in [1.165, 1.54) is 25.7 Å². The number of hydrogen-bond donors (Lipinski definition) is 0. The Morgan fingerprint density at radius 3 is 1.08 bits per heavy atom. The van der Waals surface area contributed by atoms with Gasteiger partial charge < -0.3 is 33.5 Å². The summed E-state index contributed by atoms with van der Waals surface area (Å²) in [6.45, 7) is 37.3. The molecule has 0 amide bonds. The maximum absolute atomic E-state index is 4.94. The van der Waals surface area contributed by atoms with Gasteiger partial charge in [-0.1, -0.05) is 63.3 Å². The minimum atomic E-state index is -1.11. The molecule has 11 heteroatoms. The van der Waals surface area contributed by atoms with Gasteiger partial charge in [0.15, 0.2) is 13.3 Å². The molecule has 2 saturated heterocycles. The molecule has 2 fully saturated rings. The van der Waals surface area contributed by atoms with E-state index in [0.717, 1.165) is 26.4 Å². The summed E-state index contributed by atoms with van der Waals surface area (Å²) in [7, 11) is -0.263. The third kappa shape index (κ3) is 20.1. The van der Waals surface area contributed by atoms with Gasteiger partial charge >= 0.3 is 45.5 Å². The van der Waals surface area contributed by atoms with E-state index in [4.69, 9.17) is 14.1 Å². The van der Waals surface area contributed by atoms with Crippen molar-refractivity contribution < 1.29 is 9.47 Å². The van der Waals surface area contributed by atoms with Crippen molar-refractivity contribution in [1.29, 1.82) is 0 Å². The first-order valence-corrected chi connectivity index (χ1v) is 21.1. The molecule has 0 aromatic heterocycles. The average Bonchev–Trinajstić information content (AvgIpc) is 3.55. The van der Waals surface area contributed by atoms with Crippen LogP contribution in [0, 0.1) is 13.3 Å². The Hall–Kier alpha value is 0.539. The number of nitrogens with zero attached hydrogens (tertiary/aromatic N) is 5. The quantitative estimate of drug-likeness (QED) is 0.323. The Balaban J connectivity index is 0.000000593. The van der Waals surface area contributed by atoms with Crippen molar-refractivity contribution in [3.63, 3.8) is 0 Å². The first-order chi connectivity index (χ1) is 17.4. The SMILES string of the molecule is C1CCOC1.C1CCOC1.CC(C)(C)N1[C]N([B-]N2[C]N(C(C)(C)C)C=C2)C=C1.C[Si](C)(C)[N-][Si](C)(C)C.[Sr+2]. The molecule has 4 aliphatic heterocycles. The Morgan fingerprint density at radius 1 is 0.615 bits per heavy atom. The molecule has 218 valence electrons. The van der Waals surface area contributed by atoms with E-state index < -0.39 is 16.5 Å². The van der Waals surface area contributed by atoms with Crippen LogP contribution in [0.4, 0.5) is 0 Å². The zero-order valence-electron chi connectivity index (χ0n) is 27.3. The zero-order chi connectivity index (χ0) is 29.0. The molecule has 0 aromatic rings. The van der Waals surface area contributed by atoms with Gasteiger partial charge in [0.05, 0.1) is 0 Å². The van der Waals surface area contributed by atoms with Gasteiger partial charge in [-0.25, -0.2) is 0 Å². The van der Waals surface area contributed by atoms with Gasteiger partial charge in [-0.15, -0.1) is 0 Å². The van der Waals surface area contributed by atoms with E-state index in [1.807, 2.05) is 42.0 Å². The third-order valence-electron chi connectivity index (χ3n) is 5.22. The number of rotatable bonds is 4. The van der Waals surface area contributed by atoms with Gasteiger partial charge in [0.25, 0.3) is 0 Å². The molecule has 0 N–H and O–H groups in total. The normalized spacial score (nSPS) is 19.2. The van der Waals surface area contributed by atoms with Crippen LogP contribution in [0.15, 0.2) is 24.8 Å². The number of ether oxygens (including phenoxy) is 2. The summed E-state index contributed by atoms with van der Waals surface area (Å²) in [5.41, 5.74) is 0.0929. The maximum Gasteiger partial charge on any atom is 2.00 e. The van der Waals surface area contributed by atoms with Crippen LogP contribution in [0.3, 0.4) is 0 Å². The van der Waals surface area contributed by atoms with E-state index in [0.29, 0.717) is 0 Å². The van der Waals surface area contributed by atoms with Gasteiger partial charge in [0, 0.05) is 49.9 Å². The average molecular weight is 649 g/mol. The maximum atomic E-state index is 4.94. The summed E-state index contributed by atoms with van der Waals surface area (Å²) < 4.78 is 14.7.